The van der Waals surface area contributed by atoms with Crippen molar-refractivity contribution in [3.05, 3.63) is 59.3 Å². The van der Waals surface area contributed by atoms with E-state index in [1.54, 1.807) is 18.2 Å². The van der Waals surface area contributed by atoms with E-state index in [9.17, 15) is 28.2 Å². The van der Waals surface area contributed by atoms with E-state index in [2.05, 4.69) is 0 Å². The van der Waals surface area contributed by atoms with Crippen LogP contribution in [0.2, 0.25) is 0 Å². The molecule has 4 saturated heterocycles. The number of hydrogen-bond donors (Lipinski definition) is 3. The van der Waals surface area contributed by atoms with Gasteiger partial charge in [0.1, 0.15) is 45.0 Å². The molecule has 6 heterocycles. The van der Waals surface area contributed by atoms with Crippen molar-refractivity contribution in [3.63, 3.8) is 0 Å². The predicted molar refractivity (Wildman–Crippen MR) is 173 cm³/mol. The number of nitrogens with zero attached hydrogens (tertiary/aromatic N) is 4. The van der Waals surface area contributed by atoms with Crippen molar-refractivity contribution in [2.45, 2.75) is 43.7 Å². The van der Waals surface area contributed by atoms with Crippen molar-refractivity contribution >= 4 is 27.6 Å². The molecule has 11 nitrogen and oxygen atoms in total. The van der Waals surface area contributed by atoms with Gasteiger partial charge in [0.05, 0.1) is 48.3 Å². The number of amides is 1. The maximum atomic E-state index is 14.5. The van der Waals surface area contributed by atoms with E-state index < -0.39 is 45.9 Å². The van der Waals surface area contributed by atoms with Crippen LogP contribution in [0.5, 0.6) is 0 Å². The van der Waals surface area contributed by atoms with E-state index in [1.165, 1.54) is 40.2 Å². The van der Waals surface area contributed by atoms with Gasteiger partial charge in [0.15, 0.2) is 0 Å². The zero-order valence-electron chi connectivity index (χ0n) is 26.6. The van der Waals surface area contributed by atoms with Gasteiger partial charge in [-0.25, -0.2) is 13.2 Å². The molecule has 4 N–H and O–H groups in total. The summed E-state index contributed by atoms with van der Waals surface area (Å²) in [5.41, 5.74) is 9.07. The van der Waals surface area contributed by atoms with Gasteiger partial charge in [0.2, 0.25) is 5.91 Å². The molecule has 0 spiro atoms. The highest BCUT2D eigenvalue weighted by atomic mass is 32.2. The van der Waals surface area contributed by atoms with Gasteiger partial charge >= 0.3 is 5.97 Å². The number of para-hydroxylation sites is 1. The molecule has 4 atom stereocenters. The molecular formula is C34H45N5O6S+2. The first-order valence-corrected chi connectivity index (χ1v) is 18.0. The fraction of sp³-hybridized carbons (Fsp3) is 0.529. The molecule has 8 rings (SSSR count). The van der Waals surface area contributed by atoms with Crippen LogP contribution in [0.3, 0.4) is 0 Å². The van der Waals surface area contributed by atoms with Crippen molar-refractivity contribution in [2.75, 3.05) is 69.8 Å². The fourth-order valence-electron chi connectivity index (χ4n) is 9.03. The SMILES string of the molecule is C[C@@H](O)[C@H]1C(=O)N2C(C(=O)O)=C(CN3c4ccccc4-c4c(CC[N+]56CC[N+](CCCN)(CC5)CC6)cccc4S3(=O)=O)[C@H](C)[C@H]12. The molecule has 246 valence electrons. The normalized spacial score (nSPS) is 31.3. The van der Waals surface area contributed by atoms with Crippen LogP contribution < -0.4 is 10.0 Å². The molecule has 2 aromatic carbocycles. The summed E-state index contributed by atoms with van der Waals surface area (Å²) in [4.78, 5) is 26.9. The Kier molecular flexibility index (Phi) is 7.60. The zero-order valence-corrected chi connectivity index (χ0v) is 27.5. The maximum absolute atomic E-state index is 14.5. The first kappa shape index (κ1) is 31.3. The van der Waals surface area contributed by atoms with E-state index in [0.29, 0.717) is 11.3 Å². The topological polar surface area (TPSA) is 141 Å². The van der Waals surface area contributed by atoms with E-state index in [0.717, 1.165) is 73.3 Å². The number of carbonyl (C=O) groups is 2. The summed E-state index contributed by atoms with van der Waals surface area (Å²) < 4.78 is 32.5. The van der Waals surface area contributed by atoms with Gasteiger partial charge in [0, 0.05) is 29.9 Å². The summed E-state index contributed by atoms with van der Waals surface area (Å²) in [5.74, 6) is -2.87. The van der Waals surface area contributed by atoms with Crippen molar-refractivity contribution in [3.8, 4) is 11.1 Å². The zero-order chi connectivity index (χ0) is 32.6. The first-order valence-electron chi connectivity index (χ1n) is 16.6. The number of carboxylic acids is 1. The summed E-state index contributed by atoms with van der Waals surface area (Å²) in [5, 5.41) is 20.5. The second-order valence-electron chi connectivity index (χ2n) is 14.1. The minimum Gasteiger partial charge on any atom is -0.477 e. The van der Waals surface area contributed by atoms with Crippen LogP contribution in [0.15, 0.2) is 58.6 Å². The molecule has 4 fully saturated rings. The lowest BCUT2D eigenvalue weighted by atomic mass is 9.77. The van der Waals surface area contributed by atoms with E-state index >= 15 is 0 Å². The third-order valence-corrected chi connectivity index (χ3v) is 13.6. The molecule has 0 aliphatic carbocycles. The van der Waals surface area contributed by atoms with Gasteiger partial charge in [-0.1, -0.05) is 37.3 Å². The molecule has 2 bridgehead atoms. The second kappa shape index (κ2) is 11.2. The average molecular weight is 652 g/mol. The lowest BCUT2D eigenvalue weighted by molar-refractivity contribution is -1.08. The maximum Gasteiger partial charge on any atom is 0.352 e. The Balaban J connectivity index is 1.20. The molecule has 0 saturated carbocycles. The molecule has 12 heteroatoms. The Morgan fingerprint density at radius 2 is 1.67 bits per heavy atom. The number of carboxylic acid groups (broad SMARTS) is 1. The second-order valence-corrected chi connectivity index (χ2v) is 15.9. The average Bonchev–Trinajstić information content (AvgIpc) is 3.29. The number of carbonyl (C=O) groups excluding carboxylic acids is 1. The number of benzene rings is 2. The third kappa shape index (κ3) is 4.63. The number of anilines is 1. The highest BCUT2D eigenvalue weighted by Crippen LogP contribution is 2.50. The van der Waals surface area contributed by atoms with Gasteiger partial charge < -0.3 is 29.8 Å². The quantitative estimate of drug-likeness (QED) is 0.262. The molecule has 0 unspecified atom stereocenters. The molecule has 6 aliphatic heterocycles. The number of piperazine rings is 3. The number of β-lactam (4-membered cyclic amide) rings is 1. The lowest BCUT2D eigenvalue weighted by Gasteiger charge is -2.55. The summed E-state index contributed by atoms with van der Waals surface area (Å²) >= 11 is 0. The molecule has 46 heavy (non-hydrogen) atoms. The minimum atomic E-state index is -4.07. The van der Waals surface area contributed by atoms with Crippen LogP contribution in [0.4, 0.5) is 5.69 Å². The van der Waals surface area contributed by atoms with Crippen LogP contribution in [0.1, 0.15) is 25.8 Å². The van der Waals surface area contributed by atoms with E-state index in [-0.39, 0.29) is 17.1 Å². The highest BCUT2D eigenvalue weighted by molar-refractivity contribution is 7.93. The predicted octanol–water partition coefficient (Wildman–Crippen LogP) is 1.61. The smallest absolute Gasteiger partial charge is 0.352 e. The van der Waals surface area contributed by atoms with Gasteiger partial charge in [-0.05, 0) is 36.7 Å². The van der Waals surface area contributed by atoms with Crippen molar-refractivity contribution in [1.29, 1.82) is 0 Å². The van der Waals surface area contributed by atoms with Crippen molar-refractivity contribution < 1.29 is 37.2 Å². The monoisotopic (exact) mass is 651 g/mol. The van der Waals surface area contributed by atoms with Crippen molar-refractivity contribution in [2.24, 2.45) is 17.6 Å². The van der Waals surface area contributed by atoms with Gasteiger partial charge in [-0.15, -0.1) is 0 Å². The summed E-state index contributed by atoms with van der Waals surface area (Å²) in [6.45, 7) is 12.9. The number of fused-ring (bicyclic) bond motifs is 7. The van der Waals surface area contributed by atoms with Crippen LogP contribution in [-0.4, -0.2) is 122 Å². The fourth-order valence-corrected chi connectivity index (χ4v) is 10.7. The number of nitrogens with two attached hydrogens (primary N) is 1. The van der Waals surface area contributed by atoms with E-state index in [4.69, 9.17) is 5.73 Å². The Bertz CT molecular complexity index is 1710. The number of hydrogen-bond acceptors (Lipinski definition) is 6. The Labute approximate surface area is 270 Å². The van der Waals surface area contributed by atoms with Gasteiger partial charge in [-0.3, -0.25) is 9.10 Å². The first-order chi connectivity index (χ1) is 21.9. The number of quaternary nitrogens is 2. The molecular weight excluding hydrogens is 606 g/mol. The molecule has 0 radical (unpaired) electrons. The molecule has 6 aliphatic rings. The van der Waals surface area contributed by atoms with Crippen molar-refractivity contribution in [1.82, 2.24) is 4.90 Å². The van der Waals surface area contributed by atoms with Crippen LogP contribution in [0.25, 0.3) is 11.1 Å². The summed E-state index contributed by atoms with van der Waals surface area (Å²) in [6.07, 6.45) is 0.892. The number of sulfonamides is 1. The minimum absolute atomic E-state index is 0.172. The Morgan fingerprint density at radius 3 is 2.30 bits per heavy atom. The molecule has 2 aromatic rings. The van der Waals surface area contributed by atoms with Crippen LogP contribution in [-0.2, 0) is 26.0 Å². The van der Waals surface area contributed by atoms with Gasteiger partial charge in [0.25, 0.3) is 10.0 Å². The number of aliphatic hydroxyl groups excluding tert-OH is 1. The Morgan fingerprint density at radius 1 is 1.02 bits per heavy atom. The summed E-state index contributed by atoms with van der Waals surface area (Å²) in [6, 6.07) is 12.4. The molecule has 1 amide bonds. The number of rotatable bonds is 10. The third-order valence-electron chi connectivity index (χ3n) is 11.8. The summed E-state index contributed by atoms with van der Waals surface area (Å²) in [7, 11) is -4.07. The standard InChI is InChI=1S/C34H44N5O6S/c1-22-26(32(34(42)43)37-31(22)29(23(2)40)33(37)41)21-36-27-9-4-3-8-25(27)30-24(7-5-10-28(30)46(36,44)45)11-14-39-18-15-38(16-19-39,17-20-39)13-6-12-35/h3-5,7-10,22-23,29,31,40H,6,11-21,35H2,1-2H3/q+1/p+1/t22-,23+,29+,31+,38?,39?/m0/s1. The number of aliphatic carboxylic acids is 1. The van der Waals surface area contributed by atoms with Gasteiger partial charge in [-0.2, -0.15) is 0 Å². The molecule has 0 aromatic heterocycles. The van der Waals surface area contributed by atoms with Crippen LogP contribution in [0, 0.1) is 11.8 Å². The largest absolute Gasteiger partial charge is 0.477 e. The Hall–Kier alpha value is -3.29. The van der Waals surface area contributed by atoms with E-state index in [1.807, 2.05) is 31.2 Å². The van der Waals surface area contributed by atoms with Crippen LogP contribution >= 0.6 is 0 Å². The lowest BCUT2D eigenvalue weighted by Crippen LogP contribution is -2.75. The highest BCUT2D eigenvalue weighted by Gasteiger charge is 2.60. The number of aliphatic hydroxyl groups is 1.